The summed E-state index contributed by atoms with van der Waals surface area (Å²) in [5.41, 5.74) is 5.27. The number of carbonyl (C=O) groups is 2. The molecule has 232 valence electrons. The van der Waals surface area contributed by atoms with E-state index < -0.39 is 17.6 Å². The number of ether oxygens (including phenoxy) is 1. The number of rotatable bonds is 8. The first-order valence-corrected chi connectivity index (χ1v) is 14.8. The lowest BCUT2D eigenvalue weighted by Crippen LogP contribution is -2.46. The van der Waals surface area contributed by atoms with Gasteiger partial charge in [0.25, 0.3) is 11.8 Å². The molecule has 3 aromatic rings. The molecule has 2 aliphatic rings. The third-order valence-electron chi connectivity index (χ3n) is 8.33. The molecule has 1 atom stereocenters. The van der Waals surface area contributed by atoms with Gasteiger partial charge >= 0.3 is 6.18 Å². The van der Waals surface area contributed by atoms with E-state index in [-0.39, 0.29) is 30.6 Å². The van der Waals surface area contributed by atoms with Crippen molar-refractivity contribution in [2.75, 3.05) is 45.9 Å². The Morgan fingerprint density at radius 3 is 2.25 bits per heavy atom. The van der Waals surface area contributed by atoms with Gasteiger partial charge in [0.05, 0.1) is 30.5 Å². The van der Waals surface area contributed by atoms with E-state index in [2.05, 4.69) is 11.0 Å². The van der Waals surface area contributed by atoms with Crippen molar-refractivity contribution in [2.45, 2.75) is 39.4 Å². The van der Waals surface area contributed by atoms with Crippen molar-refractivity contribution in [3.63, 3.8) is 0 Å². The number of alkyl halides is 3. The van der Waals surface area contributed by atoms with E-state index in [1.165, 1.54) is 9.91 Å². The van der Waals surface area contributed by atoms with Crippen LogP contribution in [0.4, 0.5) is 13.2 Å². The van der Waals surface area contributed by atoms with Crippen LogP contribution in [0.3, 0.4) is 0 Å². The van der Waals surface area contributed by atoms with E-state index in [0.29, 0.717) is 39.3 Å². The van der Waals surface area contributed by atoms with Crippen LogP contribution < -0.4 is 0 Å². The van der Waals surface area contributed by atoms with Gasteiger partial charge in [0.15, 0.2) is 0 Å². The fourth-order valence-corrected chi connectivity index (χ4v) is 5.44. The van der Waals surface area contributed by atoms with E-state index in [4.69, 9.17) is 9.84 Å². The van der Waals surface area contributed by atoms with Gasteiger partial charge in [-0.15, -0.1) is 0 Å². The molecule has 0 bridgehead atoms. The topological polar surface area (TPSA) is 65.5 Å². The lowest BCUT2D eigenvalue weighted by molar-refractivity contribution is -0.137. The van der Waals surface area contributed by atoms with Gasteiger partial charge in [0, 0.05) is 38.2 Å². The van der Waals surface area contributed by atoms with Gasteiger partial charge in [-0.3, -0.25) is 14.5 Å². The minimum Gasteiger partial charge on any atom is -0.379 e. The van der Waals surface area contributed by atoms with Crippen molar-refractivity contribution in [3.05, 3.63) is 106 Å². The van der Waals surface area contributed by atoms with Gasteiger partial charge in [0.1, 0.15) is 6.54 Å². The van der Waals surface area contributed by atoms with Crippen LogP contribution in [0.15, 0.2) is 71.8 Å². The first kappa shape index (κ1) is 31.4. The average molecular weight is 607 g/mol. The Morgan fingerprint density at radius 1 is 0.932 bits per heavy atom. The molecule has 2 aliphatic heterocycles. The van der Waals surface area contributed by atoms with Gasteiger partial charge in [0.2, 0.25) is 0 Å². The van der Waals surface area contributed by atoms with E-state index in [9.17, 15) is 22.8 Å². The van der Waals surface area contributed by atoms with E-state index in [1.54, 1.807) is 0 Å². The average Bonchev–Trinajstić information content (AvgIpc) is 3.46. The predicted octanol–water partition coefficient (Wildman–Crippen LogP) is 5.78. The van der Waals surface area contributed by atoms with E-state index in [0.717, 1.165) is 57.8 Å². The third kappa shape index (κ3) is 7.36. The zero-order valence-electron chi connectivity index (χ0n) is 25.2. The molecule has 0 aliphatic carbocycles. The molecule has 0 aromatic heterocycles. The van der Waals surface area contributed by atoms with Crippen molar-refractivity contribution >= 4 is 17.5 Å². The molecule has 1 fully saturated rings. The van der Waals surface area contributed by atoms with Gasteiger partial charge in [-0.1, -0.05) is 42.0 Å². The summed E-state index contributed by atoms with van der Waals surface area (Å²) in [5.74, 6) is -0.874. The second-order valence-corrected chi connectivity index (χ2v) is 11.5. The molecule has 1 saturated heterocycles. The molecular weight excluding hydrogens is 569 g/mol. The number of hydrogen-bond donors (Lipinski definition) is 0. The zero-order chi connectivity index (χ0) is 31.4. The Hall–Kier alpha value is -4.02. The molecule has 0 N–H and O–H groups in total. The van der Waals surface area contributed by atoms with Gasteiger partial charge in [-0.05, 0) is 73.4 Å². The first-order chi connectivity index (χ1) is 21.0. The van der Waals surface area contributed by atoms with Gasteiger partial charge in [-0.2, -0.15) is 18.3 Å². The molecule has 10 heteroatoms. The number of hydrazone groups is 1. The van der Waals surface area contributed by atoms with Crippen LogP contribution in [-0.4, -0.2) is 78.3 Å². The number of amides is 2. The van der Waals surface area contributed by atoms with Crippen molar-refractivity contribution in [2.24, 2.45) is 5.10 Å². The summed E-state index contributed by atoms with van der Waals surface area (Å²) in [4.78, 5) is 31.2. The highest BCUT2D eigenvalue weighted by atomic mass is 19.4. The number of morpholine rings is 1. The summed E-state index contributed by atoms with van der Waals surface area (Å²) in [6.07, 6.45) is -4.00. The number of hydrogen-bond acceptors (Lipinski definition) is 5. The summed E-state index contributed by atoms with van der Waals surface area (Å²) in [5, 5.41) is 6.26. The van der Waals surface area contributed by atoms with Crippen LogP contribution in [0.1, 0.15) is 56.2 Å². The molecule has 0 saturated carbocycles. The van der Waals surface area contributed by atoms with Crippen LogP contribution in [-0.2, 0) is 15.7 Å². The molecule has 0 spiro atoms. The molecule has 1 unspecified atom stereocenters. The van der Waals surface area contributed by atoms with Crippen LogP contribution in [0.25, 0.3) is 0 Å². The Balaban J connectivity index is 1.42. The van der Waals surface area contributed by atoms with E-state index >= 15 is 0 Å². The maximum atomic E-state index is 14.0. The largest absolute Gasteiger partial charge is 0.416 e. The molecular formula is C34H37F3N4O3. The summed E-state index contributed by atoms with van der Waals surface area (Å²) in [7, 11) is 0. The third-order valence-corrected chi connectivity index (χ3v) is 8.33. The Labute approximate surface area is 255 Å². The quantitative estimate of drug-likeness (QED) is 0.326. The molecule has 44 heavy (non-hydrogen) atoms. The molecule has 7 nitrogen and oxygen atoms in total. The highest BCUT2D eigenvalue weighted by Gasteiger charge is 2.35. The molecule has 2 heterocycles. The van der Waals surface area contributed by atoms with Crippen molar-refractivity contribution in [1.82, 2.24) is 14.8 Å². The standard InChI is InChI=1S/C34H37F3N4O3/c1-23-4-7-26(8-5-23)31-21-30(28-9-6-24(2)25(3)20-28)38-41(31)32(42)22-40(15-14-39-16-18-44-19-17-39)33(43)27-10-12-29(13-11-27)34(35,36)37/h4-13,20,31H,14-19,21-22H2,1-3H3. The molecule has 5 rings (SSSR count). The Kier molecular flexibility index (Phi) is 9.51. The number of aryl methyl sites for hydroxylation is 3. The number of halogens is 3. The smallest absolute Gasteiger partial charge is 0.379 e. The lowest BCUT2D eigenvalue weighted by Gasteiger charge is -2.31. The summed E-state index contributed by atoms with van der Waals surface area (Å²) >= 11 is 0. The highest BCUT2D eigenvalue weighted by molar-refractivity contribution is 6.04. The minimum absolute atomic E-state index is 0.0867. The van der Waals surface area contributed by atoms with Gasteiger partial charge in [-0.25, -0.2) is 5.01 Å². The highest BCUT2D eigenvalue weighted by Crippen LogP contribution is 2.34. The van der Waals surface area contributed by atoms with Crippen LogP contribution >= 0.6 is 0 Å². The molecule has 0 radical (unpaired) electrons. The number of nitrogens with zero attached hydrogens (tertiary/aromatic N) is 4. The number of benzene rings is 3. The fraction of sp³-hybridized carbons (Fsp3) is 0.382. The second kappa shape index (κ2) is 13.3. The number of carbonyl (C=O) groups excluding carboxylic acids is 2. The second-order valence-electron chi connectivity index (χ2n) is 11.5. The first-order valence-electron chi connectivity index (χ1n) is 14.8. The fourth-order valence-electron chi connectivity index (χ4n) is 5.44. The van der Waals surface area contributed by atoms with Crippen LogP contribution in [0.2, 0.25) is 0 Å². The van der Waals surface area contributed by atoms with Crippen molar-refractivity contribution < 1.29 is 27.5 Å². The van der Waals surface area contributed by atoms with Crippen LogP contribution in [0, 0.1) is 20.8 Å². The monoisotopic (exact) mass is 606 g/mol. The minimum atomic E-state index is -4.51. The van der Waals surface area contributed by atoms with Gasteiger partial charge < -0.3 is 9.64 Å². The normalized spacial score (nSPS) is 17.5. The van der Waals surface area contributed by atoms with E-state index in [1.807, 2.05) is 57.2 Å². The summed E-state index contributed by atoms with van der Waals surface area (Å²) < 4.78 is 44.9. The Bertz CT molecular complexity index is 1510. The molecule has 3 aromatic carbocycles. The summed E-state index contributed by atoms with van der Waals surface area (Å²) in [6.45, 7) is 9.08. The SMILES string of the molecule is Cc1ccc(C2CC(c3ccc(C)c(C)c3)=NN2C(=O)CN(CCN2CCOCC2)C(=O)c2ccc(C(F)(F)F)cc2)cc1. The maximum absolute atomic E-state index is 14.0. The van der Waals surface area contributed by atoms with Crippen LogP contribution in [0.5, 0.6) is 0 Å². The lowest BCUT2D eigenvalue weighted by atomic mass is 9.96. The Morgan fingerprint density at radius 2 is 1.61 bits per heavy atom. The van der Waals surface area contributed by atoms with Crippen molar-refractivity contribution in [3.8, 4) is 0 Å². The molecule has 2 amide bonds. The maximum Gasteiger partial charge on any atom is 0.416 e. The van der Waals surface area contributed by atoms with Crippen molar-refractivity contribution in [1.29, 1.82) is 0 Å². The zero-order valence-corrected chi connectivity index (χ0v) is 25.2. The summed E-state index contributed by atoms with van der Waals surface area (Å²) in [6, 6.07) is 17.8. The predicted molar refractivity (Wildman–Crippen MR) is 162 cm³/mol.